The van der Waals surface area contributed by atoms with Crippen molar-refractivity contribution >= 4 is 11.4 Å². The van der Waals surface area contributed by atoms with Gasteiger partial charge in [-0.2, -0.15) is 0 Å². The van der Waals surface area contributed by atoms with Crippen molar-refractivity contribution in [1.82, 2.24) is 0 Å². The van der Waals surface area contributed by atoms with Gasteiger partial charge in [-0.1, -0.05) is 45.0 Å². The number of nitro groups is 1. The van der Waals surface area contributed by atoms with Crippen LogP contribution in [0.2, 0.25) is 0 Å². The lowest BCUT2D eigenvalue weighted by Gasteiger charge is -2.33. The molecule has 0 aliphatic carbocycles. The second-order valence-corrected chi connectivity index (χ2v) is 7.46. The molecule has 0 fully saturated rings. The molecule has 24 heavy (non-hydrogen) atoms. The largest absolute Gasteiger partial charge is 0.367 e. The summed E-state index contributed by atoms with van der Waals surface area (Å²) >= 11 is 0. The summed E-state index contributed by atoms with van der Waals surface area (Å²) in [6, 6.07) is 12.9. The summed E-state index contributed by atoms with van der Waals surface area (Å²) in [7, 11) is 0. The molecule has 0 bridgehead atoms. The summed E-state index contributed by atoms with van der Waals surface area (Å²) in [6.45, 7) is 8.43. The van der Waals surface area contributed by atoms with Crippen molar-refractivity contribution in [3.63, 3.8) is 0 Å². The lowest BCUT2D eigenvalue weighted by Crippen LogP contribution is -2.38. The molecule has 0 aromatic heterocycles. The van der Waals surface area contributed by atoms with Crippen molar-refractivity contribution in [2.24, 2.45) is 0 Å². The molecular weight excluding hydrogens is 304 g/mol. The third-order valence-corrected chi connectivity index (χ3v) is 4.75. The molecule has 3 rings (SSSR count). The molecule has 5 heteroatoms. The SMILES string of the molecule is CC(C)(C)c1ccc(N2Cc3c([N+](=O)[O-])cccc3C2(C)O)cc1. The number of anilines is 1. The number of benzene rings is 2. The molecule has 0 saturated heterocycles. The predicted molar refractivity (Wildman–Crippen MR) is 94.0 cm³/mol. The lowest BCUT2D eigenvalue weighted by atomic mass is 9.87. The van der Waals surface area contributed by atoms with Gasteiger partial charge in [0, 0.05) is 17.3 Å². The molecule has 2 aromatic carbocycles. The van der Waals surface area contributed by atoms with E-state index in [9.17, 15) is 15.2 Å². The summed E-state index contributed by atoms with van der Waals surface area (Å²) in [5.74, 6) is 0. The van der Waals surface area contributed by atoms with E-state index in [1.807, 2.05) is 24.3 Å². The maximum atomic E-state index is 11.3. The molecule has 1 heterocycles. The molecule has 0 amide bonds. The van der Waals surface area contributed by atoms with Crippen LogP contribution in [0.4, 0.5) is 11.4 Å². The minimum atomic E-state index is -1.27. The Morgan fingerprint density at radius 1 is 1.17 bits per heavy atom. The van der Waals surface area contributed by atoms with Gasteiger partial charge in [0.05, 0.1) is 17.0 Å². The van der Waals surface area contributed by atoms with Crippen LogP contribution in [0, 0.1) is 10.1 Å². The first-order valence-electron chi connectivity index (χ1n) is 7.99. The standard InChI is InChI=1S/C19H22N2O3/c1-18(2,3)13-8-10-14(11-9-13)20-12-15-16(19(20,4)22)6-5-7-17(15)21(23)24/h5-11,22H,12H2,1-4H3. The fraction of sp³-hybridized carbons (Fsp3) is 0.368. The monoisotopic (exact) mass is 326 g/mol. The molecular formula is C19H22N2O3. The number of nitro benzene ring substituents is 1. The molecule has 0 saturated carbocycles. The first-order chi connectivity index (χ1) is 11.1. The summed E-state index contributed by atoms with van der Waals surface area (Å²) in [5, 5.41) is 22.3. The van der Waals surface area contributed by atoms with Gasteiger partial charge >= 0.3 is 0 Å². The lowest BCUT2D eigenvalue weighted by molar-refractivity contribution is -0.385. The Labute approximate surface area is 141 Å². The predicted octanol–water partition coefficient (Wildman–Crippen LogP) is 4.08. The Kier molecular flexibility index (Phi) is 3.64. The zero-order valence-corrected chi connectivity index (χ0v) is 14.4. The average molecular weight is 326 g/mol. The van der Waals surface area contributed by atoms with E-state index >= 15 is 0 Å². The summed E-state index contributed by atoms with van der Waals surface area (Å²) in [5.41, 5.74) is 2.05. The highest BCUT2D eigenvalue weighted by molar-refractivity contribution is 5.61. The number of rotatable bonds is 2. The minimum absolute atomic E-state index is 0.0494. The van der Waals surface area contributed by atoms with Crippen LogP contribution in [-0.2, 0) is 17.7 Å². The fourth-order valence-corrected chi connectivity index (χ4v) is 3.30. The van der Waals surface area contributed by atoms with Crippen LogP contribution in [0.1, 0.15) is 44.4 Å². The zero-order chi connectivity index (χ0) is 17.7. The van der Waals surface area contributed by atoms with Gasteiger partial charge in [-0.3, -0.25) is 10.1 Å². The summed E-state index contributed by atoms with van der Waals surface area (Å²) in [4.78, 5) is 12.7. The van der Waals surface area contributed by atoms with Crippen molar-refractivity contribution in [1.29, 1.82) is 0 Å². The Balaban J connectivity index is 2.02. The maximum absolute atomic E-state index is 11.3. The van der Waals surface area contributed by atoms with E-state index in [4.69, 9.17) is 0 Å². The van der Waals surface area contributed by atoms with E-state index in [0.717, 1.165) is 5.69 Å². The van der Waals surface area contributed by atoms with Crippen LogP contribution in [0.15, 0.2) is 42.5 Å². The van der Waals surface area contributed by atoms with Crippen LogP contribution >= 0.6 is 0 Å². The Morgan fingerprint density at radius 3 is 2.33 bits per heavy atom. The maximum Gasteiger partial charge on any atom is 0.274 e. The molecule has 1 N–H and O–H groups in total. The molecule has 0 radical (unpaired) electrons. The zero-order valence-electron chi connectivity index (χ0n) is 14.4. The highest BCUT2D eigenvalue weighted by Crippen LogP contribution is 2.43. The van der Waals surface area contributed by atoms with Crippen molar-refractivity contribution in [3.05, 3.63) is 69.3 Å². The van der Waals surface area contributed by atoms with Gasteiger partial charge in [0.15, 0.2) is 5.72 Å². The molecule has 1 aliphatic heterocycles. The number of fused-ring (bicyclic) bond motifs is 1. The van der Waals surface area contributed by atoms with E-state index < -0.39 is 5.72 Å². The molecule has 2 aromatic rings. The van der Waals surface area contributed by atoms with E-state index in [2.05, 4.69) is 20.8 Å². The molecule has 5 nitrogen and oxygen atoms in total. The van der Waals surface area contributed by atoms with Gasteiger partial charge in [0.1, 0.15) is 0 Å². The van der Waals surface area contributed by atoms with E-state index in [0.29, 0.717) is 17.7 Å². The molecule has 1 unspecified atom stereocenters. The number of hydrogen-bond donors (Lipinski definition) is 1. The molecule has 0 spiro atoms. The van der Waals surface area contributed by atoms with Crippen molar-refractivity contribution in [3.8, 4) is 0 Å². The van der Waals surface area contributed by atoms with Gasteiger partial charge in [0.2, 0.25) is 0 Å². The molecule has 126 valence electrons. The second-order valence-electron chi connectivity index (χ2n) is 7.46. The van der Waals surface area contributed by atoms with Gasteiger partial charge in [-0.15, -0.1) is 0 Å². The average Bonchev–Trinajstić information content (AvgIpc) is 2.78. The fourth-order valence-electron chi connectivity index (χ4n) is 3.30. The highest BCUT2D eigenvalue weighted by Gasteiger charge is 2.43. The normalized spacial score (nSPS) is 20.1. The van der Waals surface area contributed by atoms with Crippen LogP contribution in [-0.4, -0.2) is 10.0 Å². The molecule has 1 atom stereocenters. The number of nitrogens with zero attached hydrogens (tertiary/aromatic N) is 2. The van der Waals surface area contributed by atoms with Gasteiger partial charge in [-0.05, 0) is 30.0 Å². The highest BCUT2D eigenvalue weighted by atomic mass is 16.6. The minimum Gasteiger partial charge on any atom is -0.367 e. The topological polar surface area (TPSA) is 66.6 Å². The van der Waals surface area contributed by atoms with Crippen LogP contribution < -0.4 is 4.90 Å². The Bertz CT molecular complexity index is 789. The van der Waals surface area contributed by atoms with Crippen LogP contribution in [0.25, 0.3) is 0 Å². The van der Waals surface area contributed by atoms with Gasteiger partial charge in [0.25, 0.3) is 5.69 Å². The van der Waals surface area contributed by atoms with Crippen molar-refractivity contribution in [2.75, 3.05) is 4.90 Å². The van der Waals surface area contributed by atoms with Gasteiger partial charge in [-0.25, -0.2) is 0 Å². The van der Waals surface area contributed by atoms with Crippen molar-refractivity contribution in [2.45, 2.75) is 45.4 Å². The smallest absolute Gasteiger partial charge is 0.274 e. The third kappa shape index (κ3) is 2.55. The van der Waals surface area contributed by atoms with Crippen LogP contribution in [0.5, 0.6) is 0 Å². The quantitative estimate of drug-likeness (QED) is 0.667. The summed E-state index contributed by atoms with van der Waals surface area (Å²) < 4.78 is 0. The molecule has 1 aliphatic rings. The van der Waals surface area contributed by atoms with Crippen molar-refractivity contribution < 1.29 is 10.0 Å². The second kappa shape index (κ2) is 5.31. The van der Waals surface area contributed by atoms with Crippen LogP contribution in [0.3, 0.4) is 0 Å². The third-order valence-electron chi connectivity index (χ3n) is 4.75. The van der Waals surface area contributed by atoms with E-state index in [1.165, 1.54) is 11.6 Å². The Morgan fingerprint density at radius 2 is 1.79 bits per heavy atom. The first kappa shape index (κ1) is 16.5. The summed E-state index contributed by atoms with van der Waals surface area (Å²) in [6.07, 6.45) is 0. The first-order valence-corrected chi connectivity index (χ1v) is 7.99. The Hall–Kier alpha value is -2.40. The number of aliphatic hydroxyl groups is 1. The van der Waals surface area contributed by atoms with E-state index in [1.54, 1.807) is 24.0 Å². The number of hydrogen-bond acceptors (Lipinski definition) is 4. The van der Waals surface area contributed by atoms with Gasteiger partial charge < -0.3 is 10.0 Å². The van der Waals surface area contributed by atoms with E-state index in [-0.39, 0.29) is 16.0 Å².